The Morgan fingerprint density at radius 1 is 1.25 bits per heavy atom. The van der Waals surface area contributed by atoms with Gasteiger partial charge in [-0.15, -0.1) is 0 Å². The molecule has 1 aromatic carbocycles. The lowest BCUT2D eigenvalue weighted by Gasteiger charge is -2.34. The first kappa shape index (κ1) is 18.7. The lowest BCUT2D eigenvalue weighted by atomic mass is 9.90. The van der Waals surface area contributed by atoms with Gasteiger partial charge in [0, 0.05) is 53.0 Å². The van der Waals surface area contributed by atoms with Gasteiger partial charge < -0.3 is 14.6 Å². The number of carbonyl (C=O) groups is 1. The molecule has 3 heterocycles. The van der Waals surface area contributed by atoms with E-state index in [0.29, 0.717) is 6.61 Å². The van der Waals surface area contributed by atoms with Crippen molar-refractivity contribution in [3.63, 3.8) is 0 Å². The zero-order valence-corrected chi connectivity index (χ0v) is 16.6. The van der Waals surface area contributed by atoms with Gasteiger partial charge in [0.15, 0.2) is 0 Å². The molecule has 0 unspecified atom stereocenters. The monoisotopic (exact) mass is 378 g/mol. The van der Waals surface area contributed by atoms with Crippen LogP contribution < -0.4 is 4.90 Å². The standard InChI is InChI=1S/C23H27N3O2/c1-3-28-23(27)17-10-13-26(14-11-17)22(18-7-6-12-24-15-18)21-16(2)25-20-9-5-4-8-19(20)21/h4-9,12,15,17,22,25H,3,10-11,13-14H2,1-2H3/p+1/t22-/m1/s1. The molecule has 1 saturated heterocycles. The highest BCUT2D eigenvalue weighted by Crippen LogP contribution is 2.30. The Kier molecular flexibility index (Phi) is 5.44. The van der Waals surface area contributed by atoms with Crippen molar-refractivity contribution < 1.29 is 14.4 Å². The van der Waals surface area contributed by atoms with Crippen LogP contribution in [0.1, 0.15) is 42.6 Å². The van der Waals surface area contributed by atoms with Crippen molar-refractivity contribution in [3.05, 3.63) is 65.6 Å². The van der Waals surface area contributed by atoms with E-state index < -0.39 is 0 Å². The summed E-state index contributed by atoms with van der Waals surface area (Å²) in [5, 5.41) is 1.27. The van der Waals surface area contributed by atoms with Crippen LogP contribution in [0, 0.1) is 12.8 Å². The van der Waals surface area contributed by atoms with Crippen molar-refractivity contribution >= 4 is 16.9 Å². The zero-order chi connectivity index (χ0) is 19.5. The number of H-pyrrole nitrogens is 1. The van der Waals surface area contributed by atoms with Crippen LogP contribution in [0.2, 0.25) is 0 Å². The van der Waals surface area contributed by atoms with E-state index in [4.69, 9.17) is 4.74 Å². The second kappa shape index (κ2) is 8.15. The molecule has 1 atom stereocenters. The number of nitrogens with zero attached hydrogens (tertiary/aromatic N) is 1. The van der Waals surface area contributed by atoms with E-state index in [1.807, 2.05) is 25.4 Å². The van der Waals surface area contributed by atoms with E-state index in [-0.39, 0.29) is 17.9 Å². The maximum atomic E-state index is 12.2. The fraction of sp³-hybridized carbons (Fsp3) is 0.391. The third kappa shape index (κ3) is 3.54. The van der Waals surface area contributed by atoms with Crippen molar-refractivity contribution in [3.8, 4) is 0 Å². The van der Waals surface area contributed by atoms with Gasteiger partial charge in [0.05, 0.1) is 25.6 Å². The highest BCUT2D eigenvalue weighted by molar-refractivity contribution is 5.85. The van der Waals surface area contributed by atoms with Crippen LogP contribution in [0.3, 0.4) is 0 Å². The molecule has 1 fully saturated rings. The van der Waals surface area contributed by atoms with E-state index in [1.165, 1.54) is 32.6 Å². The first-order chi connectivity index (χ1) is 13.7. The van der Waals surface area contributed by atoms with E-state index in [9.17, 15) is 4.79 Å². The van der Waals surface area contributed by atoms with E-state index in [1.54, 1.807) is 0 Å². The number of pyridine rings is 1. The molecule has 0 amide bonds. The largest absolute Gasteiger partial charge is 0.466 e. The number of carbonyl (C=O) groups excluding carboxylic acids is 1. The minimum Gasteiger partial charge on any atom is -0.466 e. The average molecular weight is 378 g/mol. The Bertz CT molecular complexity index is 943. The molecule has 0 aliphatic carbocycles. The molecule has 2 N–H and O–H groups in total. The molecule has 5 heteroatoms. The van der Waals surface area contributed by atoms with Gasteiger partial charge >= 0.3 is 5.97 Å². The summed E-state index contributed by atoms with van der Waals surface area (Å²) in [4.78, 5) is 21.6. The summed E-state index contributed by atoms with van der Waals surface area (Å²) in [7, 11) is 0. The summed E-state index contributed by atoms with van der Waals surface area (Å²) in [6.07, 6.45) is 5.54. The van der Waals surface area contributed by atoms with Crippen LogP contribution in [0.25, 0.3) is 10.9 Å². The second-order valence-electron chi connectivity index (χ2n) is 7.61. The molecular formula is C23H28N3O2+. The minimum atomic E-state index is -0.0391. The molecule has 5 nitrogen and oxygen atoms in total. The number of hydrogen-bond acceptors (Lipinski definition) is 3. The summed E-state index contributed by atoms with van der Waals surface area (Å²) < 4.78 is 5.25. The number of aromatic amines is 1. The first-order valence-electron chi connectivity index (χ1n) is 10.2. The topological polar surface area (TPSA) is 59.4 Å². The third-order valence-electron chi connectivity index (χ3n) is 5.91. The molecule has 3 aromatic rings. The van der Waals surface area contributed by atoms with Gasteiger partial charge in [0.2, 0.25) is 0 Å². The molecule has 4 rings (SSSR count). The molecule has 0 radical (unpaired) electrons. The number of piperidine rings is 1. The fourth-order valence-electron chi connectivity index (χ4n) is 4.60. The molecule has 1 aliphatic rings. The van der Waals surface area contributed by atoms with Gasteiger partial charge in [-0.3, -0.25) is 9.78 Å². The number of nitrogens with one attached hydrogen (secondary N) is 2. The maximum Gasteiger partial charge on any atom is 0.309 e. The Morgan fingerprint density at radius 2 is 2.04 bits per heavy atom. The quantitative estimate of drug-likeness (QED) is 0.671. The molecule has 0 bridgehead atoms. The van der Waals surface area contributed by atoms with E-state index >= 15 is 0 Å². The summed E-state index contributed by atoms with van der Waals surface area (Å²) >= 11 is 0. The Morgan fingerprint density at radius 3 is 2.75 bits per heavy atom. The molecule has 0 saturated carbocycles. The predicted molar refractivity (Wildman–Crippen MR) is 109 cm³/mol. The molecule has 0 spiro atoms. The second-order valence-corrected chi connectivity index (χ2v) is 7.61. The number of rotatable bonds is 5. The number of ether oxygens (including phenoxy) is 1. The van der Waals surface area contributed by atoms with Crippen molar-refractivity contribution in [2.75, 3.05) is 19.7 Å². The van der Waals surface area contributed by atoms with Crippen LogP contribution in [0.5, 0.6) is 0 Å². The van der Waals surface area contributed by atoms with Crippen molar-refractivity contribution in [1.82, 2.24) is 9.97 Å². The Labute approximate surface area is 165 Å². The summed E-state index contributed by atoms with van der Waals surface area (Å²) in [5.74, 6) is -0.00920. The molecule has 2 aromatic heterocycles. The van der Waals surface area contributed by atoms with Crippen LogP contribution in [-0.2, 0) is 9.53 Å². The number of likely N-dealkylation sites (tertiary alicyclic amines) is 1. The molecule has 28 heavy (non-hydrogen) atoms. The molecular weight excluding hydrogens is 350 g/mol. The summed E-state index contributed by atoms with van der Waals surface area (Å²) in [5.41, 5.74) is 4.94. The van der Waals surface area contributed by atoms with Gasteiger partial charge in [-0.1, -0.05) is 18.2 Å². The number of quaternary nitrogens is 1. The molecule has 1 aliphatic heterocycles. The smallest absolute Gasteiger partial charge is 0.309 e. The number of hydrogen-bond donors (Lipinski definition) is 2. The fourth-order valence-corrected chi connectivity index (χ4v) is 4.60. The van der Waals surface area contributed by atoms with Crippen LogP contribution >= 0.6 is 0 Å². The highest BCUT2D eigenvalue weighted by atomic mass is 16.5. The van der Waals surface area contributed by atoms with Crippen molar-refractivity contribution in [2.24, 2.45) is 5.92 Å². The average Bonchev–Trinajstić information content (AvgIpc) is 3.06. The Hall–Kier alpha value is -2.66. The van der Waals surface area contributed by atoms with E-state index in [2.05, 4.69) is 47.2 Å². The normalized spacial score (nSPS) is 20.8. The number of benzene rings is 1. The van der Waals surface area contributed by atoms with Crippen LogP contribution in [0.4, 0.5) is 0 Å². The predicted octanol–water partition coefficient (Wildman–Crippen LogP) is 2.82. The van der Waals surface area contributed by atoms with Crippen molar-refractivity contribution in [2.45, 2.75) is 32.7 Å². The minimum absolute atomic E-state index is 0.0299. The summed E-state index contributed by atoms with van der Waals surface area (Å²) in [6, 6.07) is 12.9. The maximum absolute atomic E-state index is 12.2. The number of aryl methyl sites for hydroxylation is 1. The SMILES string of the molecule is CCOC(=O)C1CC[NH+]([C@H](c2cccnc2)c2c(C)[nH]c3ccccc23)CC1. The van der Waals surface area contributed by atoms with Crippen molar-refractivity contribution in [1.29, 1.82) is 0 Å². The van der Waals surface area contributed by atoms with E-state index in [0.717, 1.165) is 25.9 Å². The third-order valence-corrected chi connectivity index (χ3v) is 5.91. The van der Waals surface area contributed by atoms with Crippen LogP contribution in [0.15, 0.2) is 48.8 Å². The van der Waals surface area contributed by atoms with Gasteiger partial charge in [-0.05, 0) is 32.0 Å². The first-order valence-corrected chi connectivity index (χ1v) is 10.2. The lowest BCUT2D eigenvalue weighted by Crippen LogP contribution is -3.13. The number of esters is 1. The Balaban J connectivity index is 1.68. The van der Waals surface area contributed by atoms with Gasteiger partial charge in [0.1, 0.15) is 6.04 Å². The number of para-hydroxylation sites is 1. The molecule has 146 valence electrons. The van der Waals surface area contributed by atoms with Gasteiger partial charge in [-0.2, -0.15) is 0 Å². The number of aromatic nitrogens is 2. The number of fused-ring (bicyclic) bond motifs is 1. The summed E-state index contributed by atoms with van der Waals surface area (Å²) in [6.45, 7) is 6.38. The van der Waals surface area contributed by atoms with Gasteiger partial charge in [0.25, 0.3) is 0 Å². The highest BCUT2D eigenvalue weighted by Gasteiger charge is 2.36. The lowest BCUT2D eigenvalue weighted by molar-refractivity contribution is -0.931. The van der Waals surface area contributed by atoms with Crippen LogP contribution in [-0.4, -0.2) is 35.6 Å². The van der Waals surface area contributed by atoms with Gasteiger partial charge in [-0.25, -0.2) is 0 Å². The zero-order valence-electron chi connectivity index (χ0n) is 16.6.